The Balaban J connectivity index is 4.63. The second kappa shape index (κ2) is 6.87. The van der Waals surface area contributed by atoms with Crippen molar-refractivity contribution in [3.05, 3.63) is 0 Å². The molecule has 17 heavy (non-hydrogen) atoms. The highest BCUT2D eigenvalue weighted by Gasteiger charge is 2.23. The van der Waals surface area contributed by atoms with Crippen molar-refractivity contribution in [1.29, 1.82) is 0 Å². The number of nitrogens with one attached hydrogen (secondary N) is 1. The molecule has 0 unspecified atom stereocenters. The largest absolute Gasteiger partial charge is 0.392 e. The summed E-state index contributed by atoms with van der Waals surface area (Å²) in [5.74, 6) is -0.751. The van der Waals surface area contributed by atoms with Crippen LogP contribution in [0.15, 0.2) is 0 Å². The first-order valence-electron chi connectivity index (χ1n) is 5.24. The highest BCUT2D eigenvalue weighted by Crippen LogP contribution is 2.01. The van der Waals surface area contributed by atoms with E-state index in [0.29, 0.717) is 0 Å². The number of hydrogen-bond donors (Lipinski definition) is 2. The number of nitrogens with two attached hydrogens (primary N) is 1. The molecule has 0 aliphatic rings. The number of thiocarbonyl (C=S) groups is 1. The Morgan fingerprint density at radius 1 is 1.47 bits per heavy atom. The number of rotatable bonds is 7. The molecule has 0 aliphatic heterocycles. The number of carbonyl (C=O) groups is 1. The van der Waals surface area contributed by atoms with Gasteiger partial charge in [-0.2, -0.15) is 4.31 Å². The molecule has 0 spiro atoms. The summed E-state index contributed by atoms with van der Waals surface area (Å²) in [6, 6.07) is -0.0282. The Morgan fingerprint density at radius 3 is 2.35 bits per heavy atom. The lowest BCUT2D eigenvalue weighted by Crippen LogP contribution is -2.44. The standard InChI is InChI=1S/C9H19N3O3S2/c1-4-12(5-9(13)11-7(2)3)17(14,15)6-8(10)16/h7H,4-6H2,1-3H3,(H2,10,16)(H,11,13). The van der Waals surface area contributed by atoms with Crippen molar-refractivity contribution in [2.24, 2.45) is 5.73 Å². The average molecular weight is 281 g/mol. The molecule has 0 heterocycles. The minimum Gasteiger partial charge on any atom is -0.392 e. The Hall–Kier alpha value is -0.730. The van der Waals surface area contributed by atoms with Gasteiger partial charge in [-0.25, -0.2) is 8.42 Å². The van der Waals surface area contributed by atoms with Crippen LogP contribution in [-0.4, -0.2) is 48.5 Å². The van der Waals surface area contributed by atoms with Gasteiger partial charge in [0.1, 0.15) is 5.75 Å². The monoisotopic (exact) mass is 281 g/mol. The van der Waals surface area contributed by atoms with Crippen LogP contribution in [0, 0.1) is 0 Å². The van der Waals surface area contributed by atoms with Gasteiger partial charge in [0.25, 0.3) is 0 Å². The summed E-state index contributed by atoms with van der Waals surface area (Å²) < 4.78 is 24.6. The molecule has 0 aromatic heterocycles. The first-order valence-corrected chi connectivity index (χ1v) is 7.26. The van der Waals surface area contributed by atoms with Gasteiger partial charge < -0.3 is 11.1 Å². The first kappa shape index (κ1) is 16.3. The molecule has 0 atom stereocenters. The molecule has 100 valence electrons. The molecule has 0 rings (SSSR count). The van der Waals surface area contributed by atoms with Crippen molar-refractivity contribution < 1.29 is 13.2 Å². The van der Waals surface area contributed by atoms with E-state index in [1.54, 1.807) is 20.8 Å². The fraction of sp³-hybridized carbons (Fsp3) is 0.778. The molecule has 0 radical (unpaired) electrons. The number of likely N-dealkylation sites (N-methyl/N-ethyl adjacent to an activating group) is 1. The van der Waals surface area contributed by atoms with Crippen LogP contribution in [0.25, 0.3) is 0 Å². The highest BCUT2D eigenvalue weighted by atomic mass is 32.2. The third kappa shape index (κ3) is 6.54. The minimum absolute atomic E-state index is 0.0282. The molecular formula is C9H19N3O3S2. The summed E-state index contributed by atoms with van der Waals surface area (Å²) in [4.78, 5) is 11.4. The lowest BCUT2D eigenvalue weighted by atomic mass is 10.4. The third-order valence-corrected chi connectivity index (χ3v) is 4.02. The van der Waals surface area contributed by atoms with E-state index in [4.69, 9.17) is 5.73 Å². The molecule has 6 nitrogen and oxygen atoms in total. The predicted molar refractivity (Wildman–Crippen MR) is 71.1 cm³/mol. The average Bonchev–Trinajstić information content (AvgIpc) is 2.10. The van der Waals surface area contributed by atoms with Gasteiger partial charge in [-0.15, -0.1) is 0 Å². The van der Waals surface area contributed by atoms with Crippen LogP contribution in [-0.2, 0) is 14.8 Å². The topological polar surface area (TPSA) is 92.5 Å². The van der Waals surface area contributed by atoms with E-state index in [1.165, 1.54) is 0 Å². The van der Waals surface area contributed by atoms with Gasteiger partial charge in [-0.3, -0.25) is 4.79 Å². The fourth-order valence-corrected chi connectivity index (χ4v) is 2.90. The fourth-order valence-electron chi connectivity index (χ4n) is 1.21. The Morgan fingerprint density at radius 2 is 2.00 bits per heavy atom. The van der Waals surface area contributed by atoms with Gasteiger partial charge in [0.15, 0.2) is 0 Å². The Kier molecular flexibility index (Phi) is 6.58. The van der Waals surface area contributed by atoms with Crippen LogP contribution in [0.4, 0.5) is 0 Å². The van der Waals surface area contributed by atoms with E-state index in [2.05, 4.69) is 17.5 Å². The predicted octanol–water partition coefficient (Wildman–Crippen LogP) is -0.551. The van der Waals surface area contributed by atoms with Crippen molar-refractivity contribution in [2.45, 2.75) is 26.8 Å². The van der Waals surface area contributed by atoms with E-state index in [9.17, 15) is 13.2 Å². The first-order chi connectivity index (χ1) is 7.69. The molecule has 0 aliphatic carbocycles. The van der Waals surface area contributed by atoms with Crippen LogP contribution in [0.1, 0.15) is 20.8 Å². The zero-order valence-corrected chi connectivity index (χ0v) is 11.9. The van der Waals surface area contributed by atoms with Crippen molar-refractivity contribution in [2.75, 3.05) is 18.8 Å². The van der Waals surface area contributed by atoms with Crippen LogP contribution in [0.3, 0.4) is 0 Å². The molecular weight excluding hydrogens is 262 g/mol. The van der Waals surface area contributed by atoms with Gasteiger partial charge in [0, 0.05) is 12.6 Å². The van der Waals surface area contributed by atoms with E-state index in [1.807, 2.05) is 0 Å². The van der Waals surface area contributed by atoms with E-state index >= 15 is 0 Å². The Bertz CT molecular complexity index is 379. The van der Waals surface area contributed by atoms with Crippen molar-refractivity contribution in [1.82, 2.24) is 9.62 Å². The third-order valence-electron chi connectivity index (χ3n) is 1.84. The summed E-state index contributed by atoms with van der Waals surface area (Å²) >= 11 is 4.57. The minimum atomic E-state index is -3.60. The normalized spacial score (nSPS) is 11.8. The molecule has 1 amide bonds. The number of amides is 1. The zero-order valence-electron chi connectivity index (χ0n) is 10.3. The summed E-state index contributed by atoms with van der Waals surface area (Å²) in [7, 11) is -3.60. The molecule has 0 aromatic carbocycles. The van der Waals surface area contributed by atoms with Crippen LogP contribution in [0.2, 0.25) is 0 Å². The molecule has 0 bridgehead atoms. The number of nitrogens with zero attached hydrogens (tertiary/aromatic N) is 1. The number of carbonyl (C=O) groups excluding carboxylic acids is 1. The SMILES string of the molecule is CCN(CC(=O)NC(C)C)S(=O)(=O)CC(N)=S. The van der Waals surface area contributed by atoms with Crippen molar-refractivity contribution in [3.63, 3.8) is 0 Å². The van der Waals surface area contributed by atoms with Gasteiger partial charge >= 0.3 is 0 Å². The van der Waals surface area contributed by atoms with E-state index in [-0.39, 0.29) is 30.0 Å². The summed E-state index contributed by atoms with van der Waals surface area (Å²) in [6.45, 7) is 5.26. The number of sulfonamides is 1. The van der Waals surface area contributed by atoms with Crippen molar-refractivity contribution in [3.8, 4) is 0 Å². The summed E-state index contributed by atoms with van der Waals surface area (Å²) in [5.41, 5.74) is 5.21. The maximum Gasteiger partial charge on any atom is 0.235 e. The summed E-state index contributed by atoms with van der Waals surface area (Å²) in [6.07, 6.45) is 0. The lowest BCUT2D eigenvalue weighted by Gasteiger charge is -2.20. The smallest absolute Gasteiger partial charge is 0.235 e. The maximum atomic E-state index is 11.8. The Labute approximate surface area is 108 Å². The maximum absolute atomic E-state index is 11.8. The van der Waals surface area contributed by atoms with Crippen LogP contribution >= 0.6 is 12.2 Å². The van der Waals surface area contributed by atoms with Crippen LogP contribution < -0.4 is 11.1 Å². The lowest BCUT2D eigenvalue weighted by molar-refractivity contribution is -0.121. The second-order valence-electron chi connectivity index (χ2n) is 3.87. The molecule has 3 N–H and O–H groups in total. The van der Waals surface area contributed by atoms with Gasteiger partial charge in [0.05, 0.1) is 11.5 Å². The molecule has 0 aromatic rings. The second-order valence-corrected chi connectivity index (χ2v) is 6.36. The van der Waals surface area contributed by atoms with Crippen molar-refractivity contribution >= 4 is 33.1 Å². The van der Waals surface area contributed by atoms with Gasteiger partial charge in [0.2, 0.25) is 15.9 Å². The van der Waals surface area contributed by atoms with Gasteiger partial charge in [-0.1, -0.05) is 19.1 Å². The quantitative estimate of drug-likeness (QED) is 0.611. The molecule has 0 saturated heterocycles. The molecule has 8 heteroatoms. The van der Waals surface area contributed by atoms with E-state index in [0.717, 1.165) is 4.31 Å². The zero-order chi connectivity index (χ0) is 13.6. The molecule has 0 fully saturated rings. The highest BCUT2D eigenvalue weighted by molar-refractivity contribution is 7.92. The summed E-state index contributed by atoms with van der Waals surface area (Å²) in [5, 5.41) is 2.62. The van der Waals surface area contributed by atoms with E-state index < -0.39 is 15.8 Å². The number of hydrogen-bond acceptors (Lipinski definition) is 4. The van der Waals surface area contributed by atoms with Gasteiger partial charge in [-0.05, 0) is 13.8 Å². The molecule has 0 saturated carbocycles. The van der Waals surface area contributed by atoms with Crippen LogP contribution in [0.5, 0.6) is 0 Å².